The number of piperazine rings is 1. The van der Waals surface area contributed by atoms with E-state index in [0.29, 0.717) is 0 Å². The van der Waals surface area contributed by atoms with E-state index in [1.54, 1.807) is 6.08 Å². The van der Waals surface area contributed by atoms with Gasteiger partial charge in [0.15, 0.2) is 5.11 Å². The van der Waals surface area contributed by atoms with Gasteiger partial charge in [-0.1, -0.05) is 60.7 Å². The van der Waals surface area contributed by atoms with Crippen molar-refractivity contribution in [2.24, 2.45) is 0 Å². The van der Waals surface area contributed by atoms with Gasteiger partial charge in [0.2, 0.25) is 5.91 Å². The van der Waals surface area contributed by atoms with Gasteiger partial charge in [-0.15, -0.1) is 0 Å². The second-order valence-electron chi connectivity index (χ2n) is 7.98. The fraction of sp³-hybridized carbons (Fsp3) is 0.185. The molecule has 0 bridgehead atoms. The maximum Gasteiger partial charge on any atom is 0.250 e. The first kappa shape index (κ1) is 22.7. The van der Waals surface area contributed by atoms with Crippen LogP contribution in [0.5, 0.6) is 0 Å². The first-order chi connectivity index (χ1) is 16.2. The monoisotopic (exact) mass is 456 g/mol. The van der Waals surface area contributed by atoms with E-state index in [4.69, 9.17) is 12.2 Å². The summed E-state index contributed by atoms with van der Waals surface area (Å²) in [6, 6.07) is 28.5. The zero-order valence-electron chi connectivity index (χ0n) is 18.5. The summed E-state index contributed by atoms with van der Waals surface area (Å²) in [5, 5.41) is 6.03. The van der Waals surface area contributed by atoms with E-state index in [-0.39, 0.29) is 11.0 Å². The van der Waals surface area contributed by atoms with Gasteiger partial charge in [-0.3, -0.25) is 15.0 Å². The van der Waals surface area contributed by atoms with E-state index in [9.17, 15) is 4.79 Å². The molecule has 0 radical (unpaired) electrons. The van der Waals surface area contributed by atoms with Gasteiger partial charge >= 0.3 is 0 Å². The van der Waals surface area contributed by atoms with Crippen LogP contribution < -0.4 is 15.5 Å². The van der Waals surface area contributed by atoms with Crippen LogP contribution in [-0.4, -0.2) is 42.1 Å². The largest absolute Gasteiger partial charge is 0.369 e. The van der Waals surface area contributed by atoms with Crippen LogP contribution in [-0.2, 0) is 11.3 Å². The lowest BCUT2D eigenvalue weighted by Gasteiger charge is -2.36. The maximum absolute atomic E-state index is 12.1. The summed E-state index contributed by atoms with van der Waals surface area (Å²) < 4.78 is 0. The molecule has 1 aliphatic rings. The van der Waals surface area contributed by atoms with Crippen molar-refractivity contribution in [2.75, 3.05) is 36.4 Å². The number of nitrogens with one attached hydrogen (secondary N) is 2. The number of carbonyl (C=O) groups is 1. The van der Waals surface area contributed by atoms with Crippen LogP contribution in [0, 0.1) is 0 Å². The van der Waals surface area contributed by atoms with Gasteiger partial charge in [-0.25, -0.2) is 0 Å². The van der Waals surface area contributed by atoms with Crippen LogP contribution in [0.25, 0.3) is 6.08 Å². The minimum Gasteiger partial charge on any atom is -0.369 e. The molecule has 5 nitrogen and oxygen atoms in total. The van der Waals surface area contributed by atoms with Crippen LogP contribution in [0.4, 0.5) is 11.4 Å². The number of hydrogen-bond acceptors (Lipinski definition) is 4. The summed E-state index contributed by atoms with van der Waals surface area (Å²) in [4.78, 5) is 17.0. The van der Waals surface area contributed by atoms with Crippen molar-refractivity contribution in [1.82, 2.24) is 10.2 Å². The highest BCUT2D eigenvalue weighted by atomic mass is 32.1. The molecule has 0 saturated carbocycles. The summed E-state index contributed by atoms with van der Waals surface area (Å²) in [5.41, 5.74) is 4.36. The molecule has 0 aromatic heterocycles. The normalized spacial score (nSPS) is 14.2. The zero-order chi connectivity index (χ0) is 22.9. The number of nitrogens with zero attached hydrogens (tertiary/aromatic N) is 2. The lowest BCUT2D eigenvalue weighted by Crippen LogP contribution is -2.45. The van der Waals surface area contributed by atoms with Crippen molar-refractivity contribution in [3.63, 3.8) is 0 Å². The Bertz CT molecular complexity index is 1080. The lowest BCUT2D eigenvalue weighted by atomic mass is 10.2. The third-order valence-electron chi connectivity index (χ3n) is 5.58. The first-order valence-corrected chi connectivity index (χ1v) is 11.5. The predicted molar refractivity (Wildman–Crippen MR) is 140 cm³/mol. The summed E-state index contributed by atoms with van der Waals surface area (Å²) in [7, 11) is 0. The molecule has 1 amide bonds. The number of hydrogen-bond donors (Lipinski definition) is 2. The molecule has 3 aromatic carbocycles. The van der Waals surface area contributed by atoms with E-state index in [1.165, 1.54) is 17.3 Å². The van der Waals surface area contributed by atoms with Gasteiger partial charge in [0.1, 0.15) is 0 Å². The Morgan fingerprint density at radius 2 is 1.48 bits per heavy atom. The van der Waals surface area contributed by atoms with Gasteiger partial charge in [-0.05, 0) is 53.7 Å². The molecule has 1 fully saturated rings. The SMILES string of the molecule is O=C(/C=C/c1ccccc1)NC(=S)Nc1ccc(N2CCN(Cc3ccccc3)CC2)cc1. The third-order valence-corrected chi connectivity index (χ3v) is 5.78. The van der Waals surface area contributed by atoms with Crippen molar-refractivity contribution in [3.8, 4) is 0 Å². The number of amides is 1. The van der Waals surface area contributed by atoms with Crippen LogP contribution in [0.15, 0.2) is 91.0 Å². The molecular formula is C27H28N4OS. The smallest absolute Gasteiger partial charge is 0.250 e. The first-order valence-electron chi connectivity index (χ1n) is 11.1. The van der Waals surface area contributed by atoms with E-state index in [0.717, 1.165) is 44.0 Å². The zero-order valence-corrected chi connectivity index (χ0v) is 19.3. The van der Waals surface area contributed by atoms with Crippen LogP contribution in [0.2, 0.25) is 0 Å². The molecule has 0 spiro atoms. The number of anilines is 2. The van der Waals surface area contributed by atoms with E-state index in [2.05, 4.69) is 62.9 Å². The molecule has 0 atom stereocenters. The Kier molecular flexibility index (Phi) is 7.85. The van der Waals surface area contributed by atoms with Gasteiger partial charge in [0.05, 0.1) is 0 Å². The Morgan fingerprint density at radius 3 is 2.15 bits per heavy atom. The Balaban J connectivity index is 1.22. The molecule has 1 heterocycles. The summed E-state index contributed by atoms with van der Waals surface area (Å²) >= 11 is 5.27. The highest BCUT2D eigenvalue weighted by Gasteiger charge is 2.17. The average Bonchev–Trinajstić information content (AvgIpc) is 2.85. The molecule has 2 N–H and O–H groups in total. The maximum atomic E-state index is 12.1. The molecule has 1 aliphatic heterocycles. The second kappa shape index (κ2) is 11.4. The summed E-state index contributed by atoms with van der Waals surface area (Å²) in [6.07, 6.45) is 3.23. The van der Waals surface area contributed by atoms with Crippen LogP contribution >= 0.6 is 12.2 Å². The van der Waals surface area contributed by atoms with Crippen molar-refractivity contribution in [2.45, 2.75) is 6.54 Å². The number of rotatable bonds is 6. The fourth-order valence-corrected chi connectivity index (χ4v) is 4.03. The van der Waals surface area contributed by atoms with Crippen molar-refractivity contribution in [1.29, 1.82) is 0 Å². The van der Waals surface area contributed by atoms with Crippen molar-refractivity contribution >= 4 is 40.7 Å². The quantitative estimate of drug-likeness (QED) is 0.421. The van der Waals surface area contributed by atoms with E-state index < -0.39 is 0 Å². The van der Waals surface area contributed by atoms with Crippen LogP contribution in [0.1, 0.15) is 11.1 Å². The minimum atomic E-state index is -0.263. The number of carbonyl (C=O) groups excluding carboxylic acids is 1. The van der Waals surface area contributed by atoms with E-state index >= 15 is 0 Å². The van der Waals surface area contributed by atoms with Crippen molar-refractivity contribution < 1.29 is 4.79 Å². The fourth-order valence-electron chi connectivity index (χ4n) is 3.81. The van der Waals surface area contributed by atoms with Gasteiger partial charge in [-0.2, -0.15) is 0 Å². The number of benzene rings is 3. The summed E-state index contributed by atoms with van der Waals surface area (Å²) in [6.45, 7) is 5.09. The highest BCUT2D eigenvalue weighted by molar-refractivity contribution is 7.80. The molecule has 4 rings (SSSR count). The lowest BCUT2D eigenvalue weighted by molar-refractivity contribution is -0.115. The van der Waals surface area contributed by atoms with E-state index in [1.807, 2.05) is 42.5 Å². The minimum absolute atomic E-state index is 0.263. The highest BCUT2D eigenvalue weighted by Crippen LogP contribution is 2.20. The second-order valence-corrected chi connectivity index (χ2v) is 8.39. The molecule has 33 heavy (non-hydrogen) atoms. The molecule has 3 aromatic rings. The molecule has 6 heteroatoms. The van der Waals surface area contributed by atoms with Crippen LogP contribution in [0.3, 0.4) is 0 Å². The standard InChI is InChI=1S/C27H28N4OS/c32-26(16-11-22-7-3-1-4-8-22)29-27(33)28-24-12-14-25(15-13-24)31-19-17-30(18-20-31)21-23-9-5-2-6-10-23/h1-16H,17-21H2,(H2,28,29,32,33)/b16-11+. The predicted octanol–water partition coefficient (Wildman–Crippen LogP) is 4.54. The number of thiocarbonyl (C=S) groups is 1. The molecular weight excluding hydrogens is 428 g/mol. The van der Waals surface area contributed by atoms with Gasteiger partial charge in [0, 0.05) is 50.2 Å². The average molecular weight is 457 g/mol. The Morgan fingerprint density at radius 1 is 0.848 bits per heavy atom. The molecule has 1 saturated heterocycles. The third kappa shape index (κ3) is 7.00. The summed E-state index contributed by atoms with van der Waals surface area (Å²) in [5.74, 6) is -0.263. The Labute approximate surface area is 200 Å². The van der Waals surface area contributed by atoms with Gasteiger partial charge < -0.3 is 10.2 Å². The Hall–Kier alpha value is -3.48. The molecule has 168 valence electrons. The topological polar surface area (TPSA) is 47.6 Å². The molecule has 0 aliphatic carbocycles. The molecule has 0 unspecified atom stereocenters. The van der Waals surface area contributed by atoms with Crippen molar-refractivity contribution in [3.05, 3.63) is 102 Å². The van der Waals surface area contributed by atoms with Gasteiger partial charge in [0.25, 0.3) is 0 Å².